The standard InChI is InChI=1S/C12H13BrN2O/c1-3-12(13,9-14)11(16)15(2)10-7-5-4-6-8-10/h4-8H,3H2,1-2H3. The molecular formula is C12H13BrN2O. The average Bonchev–Trinajstić information content (AvgIpc) is 2.37. The number of carbonyl (C=O) groups excluding carboxylic acids is 1. The SMILES string of the molecule is CCC(Br)(C#N)C(=O)N(C)c1ccccc1. The minimum absolute atomic E-state index is 0.247. The fourth-order valence-electron chi connectivity index (χ4n) is 1.31. The summed E-state index contributed by atoms with van der Waals surface area (Å²) in [6.45, 7) is 1.80. The van der Waals surface area contributed by atoms with E-state index in [4.69, 9.17) is 5.26 Å². The highest BCUT2D eigenvalue weighted by Gasteiger charge is 2.36. The van der Waals surface area contributed by atoms with Gasteiger partial charge >= 0.3 is 0 Å². The van der Waals surface area contributed by atoms with Crippen molar-refractivity contribution in [2.45, 2.75) is 17.7 Å². The van der Waals surface area contributed by atoms with E-state index in [1.54, 1.807) is 14.0 Å². The van der Waals surface area contributed by atoms with Crippen molar-refractivity contribution < 1.29 is 4.79 Å². The minimum atomic E-state index is -1.13. The van der Waals surface area contributed by atoms with Gasteiger partial charge in [-0.15, -0.1) is 0 Å². The summed E-state index contributed by atoms with van der Waals surface area (Å²) in [5.74, 6) is -0.247. The van der Waals surface area contributed by atoms with Crippen molar-refractivity contribution >= 4 is 27.5 Å². The summed E-state index contributed by atoms with van der Waals surface area (Å²) >= 11 is 3.19. The van der Waals surface area contributed by atoms with Crippen LogP contribution in [0.2, 0.25) is 0 Å². The number of alkyl halides is 1. The highest BCUT2D eigenvalue weighted by molar-refractivity contribution is 9.10. The molecule has 0 bridgehead atoms. The maximum absolute atomic E-state index is 12.1. The number of para-hydroxylation sites is 1. The van der Waals surface area contributed by atoms with Gasteiger partial charge < -0.3 is 4.90 Å². The van der Waals surface area contributed by atoms with Gasteiger partial charge in [-0.3, -0.25) is 4.79 Å². The maximum atomic E-state index is 12.1. The smallest absolute Gasteiger partial charge is 0.258 e. The highest BCUT2D eigenvalue weighted by Crippen LogP contribution is 2.26. The van der Waals surface area contributed by atoms with Crippen molar-refractivity contribution in [1.82, 2.24) is 0 Å². The van der Waals surface area contributed by atoms with Crippen LogP contribution in [0.5, 0.6) is 0 Å². The Labute approximate surface area is 104 Å². The predicted molar refractivity (Wildman–Crippen MR) is 67.4 cm³/mol. The Bertz CT molecular complexity index is 413. The Morgan fingerprint density at radius 2 is 2.06 bits per heavy atom. The Kier molecular flexibility index (Phi) is 4.08. The zero-order valence-electron chi connectivity index (χ0n) is 9.27. The van der Waals surface area contributed by atoms with Crippen LogP contribution in [0, 0.1) is 11.3 Å². The van der Waals surface area contributed by atoms with E-state index < -0.39 is 4.32 Å². The lowest BCUT2D eigenvalue weighted by Crippen LogP contribution is -2.42. The number of rotatable bonds is 3. The summed E-state index contributed by atoms with van der Waals surface area (Å²) in [6.07, 6.45) is 0.430. The second-order valence-electron chi connectivity index (χ2n) is 3.47. The van der Waals surface area contributed by atoms with Crippen molar-refractivity contribution in [3.63, 3.8) is 0 Å². The second kappa shape index (κ2) is 5.13. The van der Waals surface area contributed by atoms with E-state index in [1.807, 2.05) is 36.4 Å². The summed E-state index contributed by atoms with van der Waals surface area (Å²) in [4.78, 5) is 13.6. The first kappa shape index (κ1) is 12.7. The van der Waals surface area contributed by atoms with Crippen molar-refractivity contribution in [2.24, 2.45) is 0 Å². The summed E-state index contributed by atoms with van der Waals surface area (Å²) in [6, 6.07) is 11.3. The minimum Gasteiger partial charge on any atom is -0.313 e. The predicted octanol–water partition coefficient (Wildman–Crippen LogP) is 2.72. The van der Waals surface area contributed by atoms with Crippen LogP contribution >= 0.6 is 15.9 Å². The molecule has 16 heavy (non-hydrogen) atoms. The normalized spacial score (nSPS) is 13.6. The molecule has 3 nitrogen and oxygen atoms in total. The third-order valence-electron chi connectivity index (χ3n) is 2.45. The summed E-state index contributed by atoms with van der Waals surface area (Å²) in [7, 11) is 1.67. The zero-order chi connectivity index (χ0) is 12.2. The molecule has 0 saturated carbocycles. The number of amides is 1. The summed E-state index contributed by atoms with van der Waals surface area (Å²) in [5.41, 5.74) is 0.778. The molecule has 1 aromatic carbocycles. The number of nitriles is 1. The molecule has 0 fully saturated rings. The third-order valence-corrected chi connectivity index (χ3v) is 3.53. The quantitative estimate of drug-likeness (QED) is 0.799. The average molecular weight is 281 g/mol. The number of anilines is 1. The molecule has 1 rings (SSSR count). The molecule has 0 aliphatic rings. The molecule has 1 atom stereocenters. The van der Waals surface area contributed by atoms with Crippen molar-refractivity contribution in [3.05, 3.63) is 30.3 Å². The van der Waals surface area contributed by atoms with E-state index in [1.165, 1.54) is 4.90 Å². The molecule has 0 aliphatic heterocycles. The van der Waals surface area contributed by atoms with Gasteiger partial charge in [-0.2, -0.15) is 5.26 Å². The molecular weight excluding hydrogens is 268 g/mol. The number of benzene rings is 1. The second-order valence-corrected chi connectivity index (χ2v) is 4.82. The Hall–Kier alpha value is -1.34. The van der Waals surface area contributed by atoms with Crippen LogP contribution in [0.25, 0.3) is 0 Å². The van der Waals surface area contributed by atoms with Gasteiger partial charge in [0.2, 0.25) is 0 Å². The molecule has 0 N–H and O–H groups in total. The first-order valence-corrected chi connectivity index (χ1v) is 5.78. The van der Waals surface area contributed by atoms with E-state index in [0.29, 0.717) is 6.42 Å². The van der Waals surface area contributed by atoms with Crippen LogP contribution in [0.15, 0.2) is 30.3 Å². The Morgan fingerprint density at radius 3 is 2.50 bits per heavy atom. The van der Waals surface area contributed by atoms with Gasteiger partial charge in [0.15, 0.2) is 4.32 Å². The van der Waals surface area contributed by atoms with Gasteiger partial charge in [-0.1, -0.05) is 41.1 Å². The lowest BCUT2D eigenvalue weighted by atomic mass is 10.1. The number of hydrogen-bond acceptors (Lipinski definition) is 2. The van der Waals surface area contributed by atoms with Gasteiger partial charge in [0.1, 0.15) is 0 Å². The van der Waals surface area contributed by atoms with Gasteiger partial charge in [-0.05, 0) is 18.6 Å². The molecule has 1 amide bonds. The van der Waals surface area contributed by atoms with Crippen LogP contribution in [0.4, 0.5) is 5.69 Å². The largest absolute Gasteiger partial charge is 0.313 e. The summed E-state index contributed by atoms with van der Waals surface area (Å²) < 4.78 is -1.13. The number of nitrogens with zero attached hydrogens (tertiary/aromatic N) is 2. The van der Waals surface area contributed by atoms with Crippen molar-refractivity contribution in [3.8, 4) is 6.07 Å². The lowest BCUT2D eigenvalue weighted by molar-refractivity contribution is -0.119. The van der Waals surface area contributed by atoms with Crippen LogP contribution in [0.1, 0.15) is 13.3 Å². The first-order chi connectivity index (χ1) is 7.55. The van der Waals surface area contributed by atoms with Gasteiger partial charge in [0.05, 0.1) is 6.07 Å². The monoisotopic (exact) mass is 280 g/mol. The first-order valence-electron chi connectivity index (χ1n) is 4.98. The molecule has 84 valence electrons. The Balaban J connectivity index is 2.96. The van der Waals surface area contributed by atoms with Crippen LogP contribution in [-0.2, 0) is 4.79 Å². The van der Waals surface area contributed by atoms with Crippen LogP contribution in [0.3, 0.4) is 0 Å². The van der Waals surface area contributed by atoms with Crippen LogP contribution < -0.4 is 4.90 Å². The molecule has 0 heterocycles. The van der Waals surface area contributed by atoms with Crippen molar-refractivity contribution in [2.75, 3.05) is 11.9 Å². The molecule has 4 heteroatoms. The summed E-state index contributed by atoms with van der Waals surface area (Å²) in [5, 5.41) is 9.01. The zero-order valence-corrected chi connectivity index (χ0v) is 10.9. The van der Waals surface area contributed by atoms with E-state index in [0.717, 1.165) is 5.69 Å². The molecule has 0 spiro atoms. The molecule has 0 aromatic heterocycles. The molecule has 1 unspecified atom stereocenters. The van der Waals surface area contributed by atoms with Crippen molar-refractivity contribution in [1.29, 1.82) is 5.26 Å². The van der Waals surface area contributed by atoms with Gasteiger partial charge in [0, 0.05) is 12.7 Å². The number of halogens is 1. The number of carbonyl (C=O) groups is 1. The van der Waals surface area contributed by atoms with E-state index >= 15 is 0 Å². The fourth-order valence-corrected chi connectivity index (χ4v) is 1.58. The van der Waals surface area contributed by atoms with E-state index in [9.17, 15) is 4.79 Å². The maximum Gasteiger partial charge on any atom is 0.258 e. The van der Waals surface area contributed by atoms with E-state index in [-0.39, 0.29) is 5.91 Å². The Morgan fingerprint density at radius 1 is 1.50 bits per heavy atom. The van der Waals surface area contributed by atoms with E-state index in [2.05, 4.69) is 15.9 Å². The number of hydrogen-bond donors (Lipinski definition) is 0. The molecule has 0 saturated heterocycles. The van der Waals surface area contributed by atoms with Crippen LogP contribution in [-0.4, -0.2) is 17.3 Å². The fraction of sp³-hybridized carbons (Fsp3) is 0.333. The highest BCUT2D eigenvalue weighted by atomic mass is 79.9. The molecule has 0 radical (unpaired) electrons. The molecule has 0 aliphatic carbocycles. The third kappa shape index (κ3) is 2.42. The topological polar surface area (TPSA) is 44.1 Å². The van der Waals surface area contributed by atoms with Gasteiger partial charge in [-0.25, -0.2) is 0 Å². The van der Waals surface area contributed by atoms with Gasteiger partial charge in [0.25, 0.3) is 5.91 Å². The molecule has 1 aromatic rings. The lowest BCUT2D eigenvalue weighted by Gasteiger charge is -2.24.